The summed E-state index contributed by atoms with van der Waals surface area (Å²) in [5.41, 5.74) is 1.70. The lowest BCUT2D eigenvalue weighted by Crippen LogP contribution is -2.39. The molecule has 0 aliphatic carbocycles. The standard InChI is InChI=1S/C16H22N2O3/c1-3-9-18-14(19)6-4-5-13(16(20)21)15(18)12-8-7-11(2)17-10-12/h7-8,10,13,15H,3-6,9H2,1-2H3,(H,20,21). The number of aryl methyl sites for hydroxylation is 1. The van der Waals surface area contributed by atoms with Gasteiger partial charge in [-0.25, -0.2) is 0 Å². The second-order valence-electron chi connectivity index (χ2n) is 5.60. The van der Waals surface area contributed by atoms with Gasteiger partial charge in [-0.3, -0.25) is 14.6 Å². The first kappa shape index (κ1) is 15.5. The van der Waals surface area contributed by atoms with Crippen molar-refractivity contribution in [2.24, 2.45) is 5.92 Å². The Morgan fingerprint density at radius 2 is 2.24 bits per heavy atom. The Morgan fingerprint density at radius 3 is 2.81 bits per heavy atom. The van der Waals surface area contributed by atoms with E-state index in [1.165, 1.54) is 0 Å². The molecule has 114 valence electrons. The van der Waals surface area contributed by atoms with Crippen LogP contribution in [0.25, 0.3) is 0 Å². The molecule has 1 aliphatic rings. The van der Waals surface area contributed by atoms with E-state index >= 15 is 0 Å². The van der Waals surface area contributed by atoms with E-state index in [-0.39, 0.29) is 5.91 Å². The molecule has 0 aromatic carbocycles. The summed E-state index contributed by atoms with van der Waals surface area (Å²) in [6, 6.07) is 3.35. The Balaban J connectivity index is 2.44. The van der Waals surface area contributed by atoms with E-state index < -0.39 is 17.9 Å². The van der Waals surface area contributed by atoms with Crippen LogP contribution in [-0.2, 0) is 9.59 Å². The molecule has 1 aromatic heterocycles. The third-order valence-corrected chi connectivity index (χ3v) is 4.00. The maximum atomic E-state index is 12.3. The van der Waals surface area contributed by atoms with Crippen molar-refractivity contribution >= 4 is 11.9 Å². The van der Waals surface area contributed by atoms with Gasteiger partial charge in [-0.1, -0.05) is 13.0 Å². The van der Waals surface area contributed by atoms with Gasteiger partial charge in [-0.15, -0.1) is 0 Å². The van der Waals surface area contributed by atoms with Gasteiger partial charge in [0, 0.05) is 24.9 Å². The number of rotatable bonds is 4. The van der Waals surface area contributed by atoms with Gasteiger partial charge in [0.1, 0.15) is 0 Å². The number of aliphatic carboxylic acids is 1. The van der Waals surface area contributed by atoms with Crippen LogP contribution in [0.15, 0.2) is 18.3 Å². The normalized spacial score (nSPS) is 23.0. The van der Waals surface area contributed by atoms with E-state index in [2.05, 4.69) is 4.98 Å². The maximum absolute atomic E-state index is 12.3. The third kappa shape index (κ3) is 3.40. The number of hydrogen-bond acceptors (Lipinski definition) is 3. The minimum absolute atomic E-state index is 0.0474. The zero-order chi connectivity index (χ0) is 15.4. The highest BCUT2D eigenvalue weighted by Gasteiger charge is 2.38. The van der Waals surface area contributed by atoms with Crippen LogP contribution in [0.1, 0.15) is 49.9 Å². The summed E-state index contributed by atoms with van der Waals surface area (Å²) in [6.07, 6.45) is 4.11. The molecule has 0 radical (unpaired) electrons. The summed E-state index contributed by atoms with van der Waals surface area (Å²) in [5.74, 6) is -1.35. The number of carbonyl (C=O) groups is 2. The number of aromatic nitrogens is 1. The summed E-state index contributed by atoms with van der Waals surface area (Å²) in [4.78, 5) is 30.0. The zero-order valence-electron chi connectivity index (χ0n) is 12.6. The third-order valence-electron chi connectivity index (χ3n) is 4.00. The Bertz CT molecular complexity index is 513. The van der Waals surface area contributed by atoms with Crippen LogP contribution in [0.2, 0.25) is 0 Å². The van der Waals surface area contributed by atoms with Crippen molar-refractivity contribution < 1.29 is 14.7 Å². The minimum Gasteiger partial charge on any atom is -0.481 e. The molecule has 1 amide bonds. The summed E-state index contributed by atoms with van der Waals surface area (Å²) in [6.45, 7) is 4.47. The molecule has 1 aromatic rings. The van der Waals surface area contributed by atoms with Crippen molar-refractivity contribution in [2.75, 3.05) is 6.54 Å². The predicted molar refractivity (Wildman–Crippen MR) is 78.7 cm³/mol. The highest BCUT2D eigenvalue weighted by atomic mass is 16.4. The molecule has 2 unspecified atom stereocenters. The summed E-state index contributed by atoms with van der Waals surface area (Å²) >= 11 is 0. The van der Waals surface area contributed by atoms with Gasteiger partial charge in [0.15, 0.2) is 0 Å². The van der Waals surface area contributed by atoms with E-state index in [0.29, 0.717) is 25.8 Å². The first-order valence-corrected chi connectivity index (χ1v) is 7.49. The van der Waals surface area contributed by atoms with Crippen molar-refractivity contribution in [1.29, 1.82) is 0 Å². The zero-order valence-corrected chi connectivity index (χ0v) is 12.6. The van der Waals surface area contributed by atoms with Gasteiger partial charge in [-0.2, -0.15) is 0 Å². The van der Waals surface area contributed by atoms with Crippen molar-refractivity contribution in [1.82, 2.24) is 9.88 Å². The molecule has 2 rings (SSSR count). The molecule has 2 heterocycles. The number of carboxylic acids is 1. The topological polar surface area (TPSA) is 70.5 Å². The van der Waals surface area contributed by atoms with Crippen LogP contribution in [-0.4, -0.2) is 33.4 Å². The SMILES string of the molecule is CCCN1C(=O)CCCC(C(=O)O)C1c1ccc(C)nc1. The van der Waals surface area contributed by atoms with Gasteiger partial charge >= 0.3 is 5.97 Å². The molecule has 0 saturated carbocycles. The molecule has 21 heavy (non-hydrogen) atoms. The minimum atomic E-state index is -0.837. The van der Waals surface area contributed by atoms with Crippen LogP contribution in [0.3, 0.4) is 0 Å². The van der Waals surface area contributed by atoms with E-state index in [0.717, 1.165) is 17.7 Å². The number of carboxylic acid groups (broad SMARTS) is 1. The number of nitrogens with zero attached hydrogens (tertiary/aromatic N) is 2. The van der Waals surface area contributed by atoms with E-state index in [1.807, 2.05) is 26.0 Å². The molecule has 2 atom stereocenters. The monoisotopic (exact) mass is 290 g/mol. The molecule has 0 bridgehead atoms. The van der Waals surface area contributed by atoms with Crippen LogP contribution >= 0.6 is 0 Å². The molecule has 0 spiro atoms. The van der Waals surface area contributed by atoms with E-state index in [4.69, 9.17) is 0 Å². The Hall–Kier alpha value is -1.91. The average molecular weight is 290 g/mol. The number of carbonyl (C=O) groups excluding carboxylic acids is 1. The molecule has 1 fully saturated rings. The van der Waals surface area contributed by atoms with Crippen LogP contribution < -0.4 is 0 Å². The highest BCUT2D eigenvalue weighted by Crippen LogP contribution is 2.35. The lowest BCUT2D eigenvalue weighted by molar-refractivity contribution is -0.146. The van der Waals surface area contributed by atoms with Crippen molar-refractivity contribution in [2.45, 2.75) is 45.6 Å². The van der Waals surface area contributed by atoms with Gasteiger partial charge in [0.05, 0.1) is 12.0 Å². The van der Waals surface area contributed by atoms with Gasteiger partial charge in [0.2, 0.25) is 5.91 Å². The average Bonchev–Trinajstić information content (AvgIpc) is 2.61. The fraction of sp³-hybridized carbons (Fsp3) is 0.562. The summed E-state index contributed by atoms with van der Waals surface area (Å²) < 4.78 is 0. The van der Waals surface area contributed by atoms with Crippen LogP contribution in [0.4, 0.5) is 0 Å². The number of likely N-dealkylation sites (tertiary alicyclic amines) is 1. The molecule has 1 aliphatic heterocycles. The summed E-state index contributed by atoms with van der Waals surface area (Å²) in [5, 5.41) is 9.56. The van der Waals surface area contributed by atoms with Crippen molar-refractivity contribution in [3.8, 4) is 0 Å². The molecular weight excluding hydrogens is 268 g/mol. The first-order valence-electron chi connectivity index (χ1n) is 7.49. The van der Waals surface area contributed by atoms with Crippen LogP contribution in [0, 0.1) is 12.8 Å². The van der Waals surface area contributed by atoms with Gasteiger partial charge < -0.3 is 10.0 Å². The number of hydrogen-bond donors (Lipinski definition) is 1. The second-order valence-corrected chi connectivity index (χ2v) is 5.60. The van der Waals surface area contributed by atoms with Gasteiger partial charge in [-0.05, 0) is 37.8 Å². The second kappa shape index (κ2) is 6.70. The lowest BCUT2D eigenvalue weighted by Gasteiger charge is -2.33. The van der Waals surface area contributed by atoms with Crippen molar-refractivity contribution in [3.05, 3.63) is 29.6 Å². The predicted octanol–water partition coefficient (Wildman–Crippen LogP) is 2.55. The molecule has 1 saturated heterocycles. The van der Waals surface area contributed by atoms with Gasteiger partial charge in [0.25, 0.3) is 0 Å². The smallest absolute Gasteiger partial charge is 0.308 e. The maximum Gasteiger partial charge on any atom is 0.308 e. The first-order chi connectivity index (χ1) is 10.0. The number of amides is 1. The lowest BCUT2D eigenvalue weighted by atomic mass is 9.90. The molecule has 5 heteroatoms. The number of pyridine rings is 1. The Morgan fingerprint density at radius 1 is 1.48 bits per heavy atom. The fourth-order valence-electron chi connectivity index (χ4n) is 2.98. The Labute approximate surface area is 125 Å². The molecular formula is C16H22N2O3. The highest BCUT2D eigenvalue weighted by molar-refractivity contribution is 5.79. The molecule has 5 nitrogen and oxygen atoms in total. The fourth-order valence-corrected chi connectivity index (χ4v) is 2.98. The summed E-state index contributed by atoms with van der Waals surface area (Å²) in [7, 11) is 0. The Kier molecular flexibility index (Phi) is 4.94. The largest absolute Gasteiger partial charge is 0.481 e. The van der Waals surface area contributed by atoms with Crippen LogP contribution in [0.5, 0.6) is 0 Å². The molecule has 1 N–H and O–H groups in total. The quantitative estimate of drug-likeness (QED) is 0.925. The van der Waals surface area contributed by atoms with E-state index in [1.54, 1.807) is 11.1 Å². The van der Waals surface area contributed by atoms with E-state index in [9.17, 15) is 14.7 Å². The van der Waals surface area contributed by atoms with Crippen molar-refractivity contribution in [3.63, 3.8) is 0 Å².